The smallest absolute Gasteiger partial charge is 0.341 e. The third-order valence-corrected chi connectivity index (χ3v) is 10.9. The first-order valence-corrected chi connectivity index (χ1v) is 16.6. The van der Waals surface area contributed by atoms with Gasteiger partial charge in [-0.2, -0.15) is 0 Å². The molecular formula is C30H33N5O5S2. The molecule has 2 fully saturated rings. The number of carbonyl (C=O) groups is 1. The molecule has 2 aliphatic carbocycles. The molecule has 2 aliphatic rings. The summed E-state index contributed by atoms with van der Waals surface area (Å²) < 4.78 is 31.8. The fourth-order valence-electron chi connectivity index (χ4n) is 5.07. The van der Waals surface area contributed by atoms with Crippen LogP contribution in [0.15, 0.2) is 51.8 Å². The minimum absolute atomic E-state index is 0.0366. The van der Waals surface area contributed by atoms with Crippen LogP contribution < -0.4 is 15.4 Å². The lowest BCUT2D eigenvalue weighted by Gasteiger charge is -2.29. The van der Waals surface area contributed by atoms with E-state index < -0.39 is 26.9 Å². The number of rotatable bonds is 11. The highest BCUT2D eigenvalue weighted by Gasteiger charge is 2.38. The number of thiazole rings is 1. The fourth-order valence-corrected chi connectivity index (χ4v) is 7.43. The molecule has 0 saturated heterocycles. The average Bonchev–Trinajstić information content (AvgIpc) is 3.91. The first-order chi connectivity index (χ1) is 20.1. The van der Waals surface area contributed by atoms with Crippen molar-refractivity contribution in [3.05, 3.63) is 74.7 Å². The van der Waals surface area contributed by atoms with Crippen molar-refractivity contribution in [1.82, 2.24) is 19.8 Å². The molecule has 0 unspecified atom stereocenters. The number of nitrogens with one attached hydrogen (secondary N) is 2. The zero-order valence-corrected chi connectivity index (χ0v) is 25.3. The van der Waals surface area contributed by atoms with Crippen molar-refractivity contribution in [1.29, 1.82) is 0 Å². The van der Waals surface area contributed by atoms with Gasteiger partial charge in [-0.3, -0.25) is 14.3 Å². The molecular weight excluding hydrogens is 574 g/mol. The van der Waals surface area contributed by atoms with Crippen LogP contribution in [0.1, 0.15) is 72.1 Å². The molecule has 0 radical (unpaired) electrons. The standard InChI is InChI=1S/C30H33N5O5S2/c1-4-25-26(28(36)34-42(38,39)22-12-13-22)31-29(41-25)35(16-19-6-7-19)18(3)20-8-10-21(11-9-20)24-15-17(2)5-14-23(24)27-32-30(37)40-33-27/h5,8-11,14-15,18-19,22H,4,6-7,12-13,16H2,1-3H3,(H,34,36)(H,32,33,37)/t18-/m1/s1. The van der Waals surface area contributed by atoms with Gasteiger partial charge in [-0.05, 0) is 68.6 Å². The molecule has 0 spiro atoms. The monoisotopic (exact) mass is 607 g/mol. The highest BCUT2D eigenvalue weighted by Crippen LogP contribution is 2.39. The lowest BCUT2D eigenvalue weighted by atomic mass is 9.95. The Morgan fingerprint density at radius 2 is 1.88 bits per heavy atom. The highest BCUT2D eigenvalue weighted by atomic mass is 32.2. The van der Waals surface area contributed by atoms with Gasteiger partial charge in [0.05, 0.1) is 11.3 Å². The number of benzene rings is 2. The Balaban J connectivity index is 1.29. The Morgan fingerprint density at radius 3 is 2.50 bits per heavy atom. The molecule has 4 aromatic rings. The van der Waals surface area contributed by atoms with Crippen molar-refractivity contribution in [2.24, 2.45) is 5.92 Å². The number of anilines is 1. The maximum Gasteiger partial charge on any atom is 0.439 e. The van der Waals surface area contributed by atoms with E-state index in [0.717, 1.165) is 57.2 Å². The summed E-state index contributed by atoms with van der Waals surface area (Å²) in [4.78, 5) is 35.0. The van der Waals surface area contributed by atoms with E-state index in [1.165, 1.54) is 11.3 Å². The molecule has 2 saturated carbocycles. The zero-order valence-electron chi connectivity index (χ0n) is 23.7. The minimum Gasteiger partial charge on any atom is -0.341 e. The Hall–Kier alpha value is -3.77. The van der Waals surface area contributed by atoms with Crippen LogP contribution in [0.25, 0.3) is 22.5 Å². The summed E-state index contributed by atoms with van der Waals surface area (Å²) in [6, 6.07) is 14.2. The minimum atomic E-state index is -3.66. The Morgan fingerprint density at radius 1 is 1.14 bits per heavy atom. The quantitative estimate of drug-likeness (QED) is 0.237. The molecule has 2 N–H and O–H groups in total. The largest absolute Gasteiger partial charge is 0.439 e. The number of sulfonamides is 1. The van der Waals surface area contributed by atoms with Gasteiger partial charge in [0.15, 0.2) is 11.0 Å². The molecule has 1 atom stereocenters. The van der Waals surface area contributed by atoms with Crippen molar-refractivity contribution in [3.63, 3.8) is 0 Å². The van der Waals surface area contributed by atoms with Gasteiger partial charge in [0.2, 0.25) is 10.0 Å². The van der Waals surface area contributed by atoms with Crippen LogP contribution in [0.3, 0.4) is 0 Å². The normalized spacial score (nSPS) is 15.9. The number of carbonyl (C=O) groups excluding carboxylic acids is 1. The van der Waals surface area contributed by atoms with E-state index in [1.54, 1.807) is 0 Å². The van der Waals surface area contributed by atoms with Crippen molar-refractivity contribution < 1.29 is 17.7 Å². The molecule has 2 aromatic carbocycles. The first-order valence-electron chi connectivity index (χ1n) is 14.2. The van der Waals surface area contributed by atoms with Gasteiger partial charge < -0.3 is 4.90 Å². The lowest BCUT2D eigenvalue weighted by molar-refractivity contribution is 0.0976. The summed E-state index contributed by atoms with van der Waals surface area (Å²) in [7, 11) is -3.66. The molecule has 0 aliphatic heterocycles. The lowest BCUT2D eigenvalue weighted by Crippen LogP contribution is -2.34. The molecule has 10 nitrogen and oxygen atoms in total. The zero-order chi connectivity index (χ0) is 29.6. The molecule has 2 aromatic heterocycles. The molecule has 6 rings (SSSR count). The molecule has 220 valence electrons. The summed E-state index contributed by atoms with van der Waals surface area (Å²) in [5, 5.41) is 4.12. The van der Waals surface area contributed by atoms with Gasteiger partial charge in [-0.15, -0.1) is 11.3 Å². The van der Waals surface area contributed by atoms with Gasteiger partial charge in [0.25, 0.3) is 5.91 Å². The van der Waals surface area contributed by atoms with Crippen LogP contribution in [0.4, 0.5) is 5.13 Å². The number of nitrogens with zero attached hydrogens (tertiary/aromatic N) is 3. The molecule has 2 heterocycles. The van der Waals surface area contributed by atoms with Crippen molar-refractivity contribution in [2.45, 2.75) is 64.2 Å². The molecule has 42 heavy (non-hydrogen) atoms. The van der Waals surface area contributed by atoms with Crippen molar-refractivity contribution in [3.8, 4) is 22.5 Å². The Labute approximate surface area is 248 Å². The topological polar surface area (TPSA) is 138 Å². The van der Waals surface area contributed by atoms with Crippen LogP contribution in [-0.4, -0.2) is 41.2 Å². The van der Waals surface area contributed by atoms with Gasteiger partial charge in [0, 0.05) is 17.0 Å². The third-order valence-electron chi connectivity index (χ3n) is 7.86. The number of H-pyrrole nitrogens is 1. The molecule has 1 amide bonds. The summed E-state index contributed by atoms with van der Waals surface area (Å²) in [5.41, 5.74) is 5.03. The number of aryl methyl sites for hydroxylation is 2. The fraction of sp³-hybridized carbons (Fsp3) is 0.400. The van der Waals surface area contributed by atoms with E-state index in [9.17, 15) is 18.0 Å². The van der Waals surface area contributed by atoms with Crippen molar-refractivity contribution >= 4 is 32.4 Å². The summed E-state index contributed by atoms with van der Waals surface area (Å²) >= 11 is 1.46. The van der Waals surface area contributed by atoms with E-state index in [2.05, 4.69) is 57.0 Å². The second-order valence-electron chi connectivity index (χ2n) is 11.2. The van der Waals surface area contributed by atoms with Gasteiger partial charge >= 0.3 is 5.76 Å². The van der Waals surface area contributed by atoms with Crippen molar-refractivity contribution in [2.75, 3.05) is 11.4 Å². The maximum atomic E-state index is 13.0. The number of amides is 1. The maximum absolute atomic E-state index is 13.0. The summed E-state index contributed by atoms with van der Waals surface area (Å²) in [6.45, 7) is 6.90. The second-order valence-corrected chi connectivity index (χ2v) is 14.2. The number of aromatic nitrogens is 3. The number of hydrogen-bond acceptors (Lipinski definition) is 9. The average molecular weight is 608 g/mol. The van der Waals surface area contributed by atoms with Crippen LogP contribution in [0.2, 0.25) is 0 Å². The molecule has 12 heteroatoms. The van der Waals surface area contributed by atoms with Crippen LogP contribution in [0, 0.1) is 12.8 Å². The van der Waals surface area contributed by atoms with Crippen LogP contribution in [0.5, 0.6) is 0 Å². The SMILES string of the molecule is CCc1sc(N(CC2CC2)[C@H](C)c2ccc(-c3cc(C)ccc3-c3noc(=O)[nH]3)cc2)nc1C(=O)NS(=O)(=O)C1CC1. The Bertz CT molecular complexity index is 1780. The number of aromatic amines is 1. The van der Waals surface area contributed by atoms with E-state index in [1.807, 2.05) is 26.0 Å². The van der Waals surface area contributed by atoms with E-state index in [4.69, 9.17) is 9.51 Å². The van der Waals surface area contributed by atoms with E-state index >= 15 is 0 Å². The predicted molar refractivity (Wildman–Crippen MR) is 162 cm³/mol. The first kappa shape index (κ1) is 28.4. The van der Waals surface area contributed by atoms with E-state index in [-0.39, 0.29) is 11.7 Å². The van der Waals surface area contributed by atoms with Crippen LogP contribution >= 0.6 is 11.3 Å². The third kappa shape index (κ3) is 5.91. The Kier molecular flexibility index (Phi) is 7.52. The van der Waals surface area contributed by atoms with Gasteiger partial charge in [0.1, 0.15) is 5.69 Å². The summed E-state index contributed by atoms with van der Waals surface area (Å²) in [5.74, 6) is -0.307. The summed E-state index contributed by atoms with van der Waals surface area (Å²) in [6.07, 6.45) is 4.06. The van der Waals surface area contributed by atoms with E-state index in [0.29, 0.717) is 31.0 Å². The molecule has 0 bridgehead atoms. The van der Waals surface area contributed by atoms with Gasteiger partial charge in [-0.25, -0.2) is 22.9 Å². The predicted octanol–water partition coefficient (Wildman–Crippen LogP) is 5.22. The highest BCUT2D eigenvalue weighted by molar-refractivity contribution is 7.91. The van der Waals surface area contributed by atoms with Crippen LogP contribution in [-0.2, 0) is 16.4 Å². The number of hydrogen-bond donors (Lipinski definition) is 2. The second kappa shape index (κ2) is 11.1. The van der Waals surface area contributed by atoms with Gasteiger partial charge in [-0.1, -0.05) is 60.1 Å².